The third-order valence-corrected chi connectivity index (χ3v) is 6.27. The number of hydrogen-bond acceptors (Lipinski definition) is 6. The summed E-state index contributed by atoms with van der Waals surface area (Å²) in [5.74, 6) is -0.662. The first-order valence-corrected chi connectivity index (χ1v) is 11.4. The Morgan fingerprint density at radius 1 is 1.09 bits per heavy atom. The van der Waals surface area contributed by atoms with E-state index in [9.17, 15) is 4.79 Å². The molecule has 0 aliphatic carbocycles. The molecule has 9 heteroatoms. The van der Waals surface area contributed by atoms with Crippen LogP contribution in [0.15, 0.2) is 36.8 Å². The molecule has 0 atom stereocenters. The molecule has 1 aliphatic rings. The highest BCUT2D eigenvalue weighted by Crippen LogP contribution is 2.35. The Kier molecular flexibility index (Phi) is 6.85. The number of nitrogens with zero attached hydrogens (tertiary/aromatic N) is 5. The first-order valence-electron chi connectivity index (χ1n) is 11.0. The van der Waals surface area contributed by atoms with Gasteiger partial charge in [0.2, 0.25) is 0 Å². The lowest BCUT2D eigenvalue weighted by Crippen LogP contribution is -2.48. The zero-order valence-corrected chi connectivity index (χ0v) is 19.4. The molecule has 1 fully saturated rings. The third kappa shape index (κ3) is 4.67. The summed E-state index contributed by atoms with van der Waals surface area (Å²) >= 11 is 6.48. The summed E-state index contributed by atoms with van der Waals surface area (Å²) in [6.45, 7) is 7.61. The lowest BCUT2D eigenvalue weighted by atomic mass is 9.96. The van der Waals surface area contributed by atoms with Crippen LogP contribution in [0.3, 0.4) is 0 Å². The Morgan fingerprint density at radius 2 is 1.85 bits per heavy atom. The van der Waals surface area contributed by atoms with Crippen LogP contribution in [0.2, 0.25) is 5.02 Å². The topological polar surface area (TPSA) is 88.2 Å². The quantitative estimate of drug-likeness (QED) is 0.610. The fraction of sp³-hybridized carbons (Fsp3) is 0.333. The van der Waals surface area contributed by atoms with Gasteiger partial charge in [0.1, 0.15) is 18.0 Å². The number of nitrogen functional groups attached to an aromatic ring is 1. The van der Waals surface area contributed by atoms with Gasteiger partial charge < -0.3 is 15.5 Å². The van der Waals surface area contributed by atoms with E-state index in [-0.39, 0.29) is 16.5 Å². The normalized spacial score (nSPS) is 14.5. The largest absolute Gasteiger partial charge is 0.384 e. The van der Waals surface area contributed by atoms with Crippen molar-refractivity contribution in [3.8, 4) is 22.4 Å². The summed E-state index contributed by atoms with van der Waals surface area (Å²) in [5.41, 5.74) is 8.91. The van der Waals surface area contributed by atoms with E-state index >= 15 is 4.39 Å². The molecule has 1 aliphatic heterocycles. The zero-order chi connectivity index (χ0) is 23.5. The Balaban J connectivity index is 1.73. The Morgan fingerprint density at radius 3 is 2.45 bits per heavy atom. The summed E-state index contributed by atoms with van der Waals surface area (Å²) in [6.07, 6.45) is 3.73. The van der Waals surface area contributed by atoms with E-state index in [1.165, 1.54) is 12.4 Å². The number of benzene rings is 1. The molecule has 4 rings (SSSR count). The number of amides is 1. The van der Waals surface area contributed by atoms with Crippen LogP contribution in [-0.2, 0) is 6.42 Å². The lowest BCUT2D eigenvalue weighted by Gasteiger charge is -2.34. The maximum Gasteiger partial charge on any atom is 0.258 e. The lowest BCUT2D eigenvalue weighted by molar-refractivity contribution is 0.0639. The molecule has 3 heterocycles. The summed E-state index contributed by atoms with van der Waals surface area (Å²) in [5, 5.41) is 0.0611. The van der Waals surface area contributed by atoms with E-state index in [1.54, 1.807) is 23.2 Å². The molecule has 2 aromatic heterocycles. The van der Waals surface area contributed by atoms with Crippen molar-refractivity contribution in [3.63, 3.8) is 0 Å². The Hall–Kier alpha value is -3.10. The number of aryl methyl sites for hydroxylation is 1. The number of anilines is 1. The molecule has 3 aromatic rings. The number of pyridine rings is 1. The zero-order valence-electron chi connectivity index (χ0n) is 18.7. The highest BCUT2D eigenvalue weighted by Gasteiger charge is 2.27. The van der Waals surface area contributed by atoms with Crippen molar-refractivity contribution in [1.29, 1.82) is 0 Å². The monoisotopic (exact) mass is 468 g/mol. The molecule has 1 aromatic carbocycles. The number of rotatable bonds is 5. The number of carbonyl (C=O) groups excluding carboxylic acids is 1. The van der Waals surface area contributed by atoms with Gasteiger partial charge in [0.25, 0.3) is 5.91 Å². The SMILES string of the molecule is CCc1ncnc(-c2cc(F)c(C(=O)N3CCN(CC)CC3)c(Cl)c2)c1-c1ccc(N)nc1. The van der Waals surface area contributed by atoms with Crippen LogP contribution >= 0.6 is 11.6 Å². The van der Waals surface area contributed by atoms with Gasteiger partial charge in [0.05, 0.1) is 22.0 Å². The summed E-state index contributed by atoms with van der Waals surface area (Å²) in [4.78, 5) is 29.9. The van der Waals surface area contributed by atoms with Crippen LogP contribution in [0, 0.1) is 5.82 Å². The summed E-state index contributed by atoms with van der Waals surface area (Å²) in [7, 11) is 0. The molecule has 172 valence electrons. The van der Waals surface area contributed by atoms with Crippen LogP contribution < -0.4 is 5.73 Å². The number of carbonyl (C=O) groups is 1. The molecule has 0 spiro atoms. The van der Waals surface area contributed by atoms with Crippen molar-refractivity contribution in [1.82, 2.24) is 24.8 Å². The molecule has 0 bridgehead atoms. The van der Waals surface area contributed by atoms with Gasteiger partial charge in [-0.3, -0.25) is 4.79 Å². The maximum atomic E-state index is 15.3. The van der Waals surface area contributed by atoms with Crippen molar-refractivity contribution < 1.29 is 9.18 Å². The Labute approximate surface area is 197 Å². The minimum atomic E-state index is -0.668. The van der Waals surface area contributed by atoms with E-state index in [4.69, 9.17) is 17.3 Å². The number of likely N-dealkylation sites (N-methyl/N-ethyl adjacent to an activating group) is 1. The van der Waals surface area contributed by atoms with E-state index in [1.807, 2.05) is 13.0 Å². The number of aromatic nitrogens is 3. The van der Waals surface area contributed by atoms with Gasteiger partial charge in [-0.1, -0.05) is 25.4 Å². The average molecular weight is 469 g/mol. The van der Waals surface area contributed by atoms with Gasteiger partial charge in [0, 0.05) is 49.1 Å². The highest BCUT2D eigenvalue weighted by atomic mass is 35.5. The van der Waals surface area contributed by atoms with E-state index in [0.717, 1.165) is 36.5 Å². The maximum absolute atomic E-state index is 15.3. The second-order valence-corrected chi connectivity index (χ2v) is 8.32. The second-order valence-electron chi connectivity index (χ2n) is 7.91. The van der Waals surface area contributed by atoms with Gasteiger partial charge in [-0.25, -0.2) is 19.3 Å². The van der Waals surface area contributed by atoms with Crippen molar-refractivity contribution in [2.75, 3.05) is 38.5 Å². The van der Waals surface area contributed by atoms with Crippen molar-refractivity contribution >= 4 is 23.3 Å². The smallest absolute Gasteiger partial charge is 0.258 e. The van der Waals surface area contributed by atoms with Gasteiger partial charge in [0.15, 0.2) is 0 Å². The minimum Gasteiger partial charge on any atom is -0.384 e. The number of piperazine rings is 1. The Bertz CT molecular complexity index is 1140. The predicted molar refractivity (Wildman–Crippen MR) is 127 cm³/mol. The van der Waals surface area contributed by atoms with Gasteiger partial charge in [-0.2, -0.15) is 0 Å². The van der Waals surface area contributed by atoms with Crippen LogP contribution in [0.1, 0.15) is 29.9 Å². The molecule has 0 unspecified atom stereocenters. The third-order valence-electron chi connectivity index (χ3n) is 5.97. The van der Waals surface area contributed by atoms with E-state index < -0.39 is 5.82 Å². The first kappa shape index (κ1) is 23.1. The number of halogens is 2. The van der Waals surface area contributed by atoms with Crippen LogP contribution in [0.4, 0.5) is 10.2 Å². The molecular formula is C24H26ClFN6O. The molecule has 0 saturated carbocycles. The standard InChI is InChI=1S/C24H26ClFN6O/c1-3-19-21(15-5-6-20(27)28-13-15)23(30-14-29-19)16-11-17(25)22(18(26)12-16)24(33)32-9-7-31(4-2)8-10-32/h5-6,11-14H,3-4,7-10H2,1-2H3,(H2,27,28). The summed E-state index contributed by atoms with van der Waals surface area (Å²) in [6, 6.07) is 6.43. The van der Waals surface area contributed by atoms with Crippen LogP contribution in [-0.4, -0.2) is 63.4 Å². The predicted octanol–water partition coefficient (Wildman–Crippen LogP) is 3.92. The molecular weight excluding hydrogens is 443 g/mol. The highest BCUT2D eigenvalue weighted by molar-refractivity contribution is 6.34. The molecule has 0 radical (unpaired) electrons. The molecule has 2 N–H and O–H groups in total. The van der Waals surface area contributed by atoms with E-state index in [0.29, 0.717) is 36.6 Å². The molecule has 1 saturated heterocycles. The molecule has 33 heavy (non-hydrogen) atoms. The number of nitrogens with two attached hydrogens (primary N) is 1. The van der Waals surface area contributed by atoms with Crippen LogP contribution in [0.25, 0.3) is 22.4 Å². The van der Waals surface area contributed by atoms with Crippen molar-refractivity contribution in [3.05, 3.63) is 58.9 Å². The van der Waals surface area contributed by atoms with Crippen molar-refractivity contribution in [2.45, 2.75) is 20.3 Å². The second kappa shape index (κ2) is 9.80. The average Bonchev–Trinajstić information content (AvgIpc) is 2.83. The van der Waals surface area contributed by atoms with Gasteiger partial charge in [-0.05, 0) is 37.2 Å². The van der Waals surface area contributed by atoms with Crippen molar-refractivity contribution in [2.24, 2.45) is 0 Å². The van der Waals surface area contributed by atoms with Gasteiger partial charge in [-0.15, -0.1) is 0 Å². The fourth-order valence-electron chi connectivity index (χ4n) is 4.10. The molecule has 1 amide bonds. The summed E-state index contributed by atoms with van der Waals surface area (Å²) < 4.78 is 15.3. The van der Waals surface area contributed by atoms with E-state index in [2.05, 4.69) is 26.8 Å². The first-order chi connectivity index (χ1) is 15.9. The number of hydrogen-bond donors (Lipinski definition) is 1. The minimum absolute atomic E-state index is 0.0611. The molecule has 7 nitrogen and oxygen atoms in total. The fourth-order valence-corrected chi connectivity index (χ4v) is 4.39. The van der Waals surface area contributed by atoms with Gasteiger partial charge >= 0.3 is 0 Å². The van der Waals surface area contributed by atoms with Crippen LogP contribution in [0.5, 0.6) is 0 Å².